The third kappa shape index (κ3) is 2.99. The molecule has 112 valence electrons. The first kappa shape index (κ1) is 15.3. The number of hydrogen-bond donors (Lipinski definition) is 2. The van der Waals surface area contributed by atoms with Crippen molar-refractivity contribution in [3.8, 4) is 5.75 Å². The fraction of sp³-hybridized carbons (Fsp3) is 0.647. The van der Waals surface area contributed by atoms with E-state index < -0.39 is 11.7 Å². The fourth-order valence-electron chi connectivity index (χ4n) is 2.84. The molecule has 0 fully saturated rings. The Morgan fingerprint density at radius 2 is 1.90 bits per heavy atom. The van der Waals surface area contributed by atoms with Gasteiger partial charge in [0.1, 0.15) is 17.5 Å². The third-order valence-corrected chi connectivity index (χ3v) is 4.44. The normalized spacial score (nSPS) is 24.3. The zero-order chi connectivity index (χ0) is 14.8. The molecular weight excluding hydrogens is 250 g/mol. The second-order valence-electron chi connectivity index (χ2n) is 6.26. The highest BCUT2D eigenvalue weighted by atomic mass is 16.5. The molecule has 2 N–H and O–H groups in total. The van der Waals surface area contributed by atoms with Crippen molar-refractivity contribution in [2.75, 3.05) is 6.54 Å². The second-order valence-corrected chi connectivity index (χ2v) is 6.26. The number of hydrogen-bond acceptors (Lipinski definition) is 3. The topological polar surface area (TPSA) is 41.5 Å². The van der Waals surface area contributed by atoms with Crippen molar-refractivity contribution in [3.05, 3.63) is 29.8 Å². The van der Waals surface area contributed by atoms with Crippen molar-refractivity contribution in [1.82, 2.24) is 5.32 Å². The molecule has 1 heterocycles. The molecule has 1 aliphatic heterocycles. The summed E-state index contributed by atoms with van der Waals surface area (Å²) in [5.41, 5.74) is 0.491. The van der Waals surface area contributed by atoms with Gasteiger partial charge in [-0.1, -0.05) is 44.9 Å². The monoisotopic (exact) mass is 277 g/mol. The molecule has 0 radical (unpaired) electrons. The van der Waals surface area contributed by atoms with Gasteiger partial charge in [-0.05, 0) is 32.4 Å². The largest absolute Gasteiger partial charge is 0.485 e. The molecular formula is C17H27NO2. The van der Waals surface area contributed by atoms with Crippen molar-refractivity contribution >= 4 is 0 Å². The molecule has 2 rings (SSSR count). The van der Waals surface area contributed by atoms with E-state index in [4.69, 9.17) is 4.74 Å². The van der Waals surface area contributed by atoms with Crippen LogP contribution in [0.5, 0.6) is 5.75 Å². The molecule has 0 aliphatic carbocycles. The van der Waals surface area contributed by atoms with Crippen LogP contribution in [0.1, 0.15) is 52.1 Å². The standard InChI is InChI=1S/C17H27NO2/c1-5-12(6-2)11-18-15-13-9-7-8-10-14(13)20-17(3,4)16(15)19/h7-10,12,15-16,18-19H,5-6,11H2,1-4H3. The van der Waals surface area contributed by atoms with Gasteiger partial charge in [0.2, 0.25) is 0 Å². The van der Waals surface area contributed by atoms with Crippen LogP contribution < -0.4 is 10.1 Å². The van der Waals surface area contributed by atoms with E-state index in [9.17, 15) is 5.11 Å². The van der Waals surface area contributed by atoms with E-state index in [-0.39, 0.29) is 6.04 Å². The summed E-state index contributed by atoms with van der Waals surface area (Å²) >= 11 is 0. The van der Waals surface area contributed by atoms with Gasteiger partial charge in [-0.2, -0.15) is 0 Å². The van der Waals surface area contributed by atoms with Crippen LogP contribution >= 0.6 is 0 Å². The Hall–Kier alpha value is -1.06. The summed E-state index contributed by atoms with van der Waals surface area (Å²) in [6, 6.07) is 7.94. The predicted molar refractivity (Wildman–Crippen MR) is 82.0 cm³/mol. The second kappa shape index (κ2) is 6.15. The zero-order valence-electron chi connectivity index (χ0n) is 13.0. The fourth-order valence-corrected chi connectivity index (χ4v) is 2.84. The van der Waals surface area contributed by atoms with E-state index in [1.165, 1.54) is 0 Å². The number of aliphatic hydroxyl groups is 1. The first-order valence-electron chi connectivity index (χ1n) is 7.69. The van der Waals surface area contributed by atoms with Crippen molar-refractivity contribution in [2.24, 2.45) is 5.92 Å². The minimum atomic E-state index is -0.569. The summed E-state index contributed by atoms with van der Waals surface area (Å²) in [4.78, 5) is 0. The van der Waals surface area contributed by atoms with Gasteiger partial charge in [-0.3, -0.25) is 0 Å². The summed E-state index contributed by atoms with van der Waals surface area (Å²) in [7, 11) is 0. The molecule has 1 aliphatic rings. The Balaban J connectivity index is 2.21. The van der Waals surface area contributed by atoms with Gasteiger partial charge >= 0.3 is 0 Å². The molecule has 3 nitrogen and oxygen atoms in total. The first-order chi connectivity index (χ1) is 9.49. The molecule has 2 unspecified atom stereocenters. The smallest absolute Gasteiger partial charge is 0.131 e. The predicted octanol–water partition coefficient (Wildman–Crippen LogP) is 3.29. The molecule has 0 saturated heterocycles. The highest BCUT2D eigenvalue weighted by Crippen LogP contribution is 2.39. The van der Waals surface area contributed by atoms with Crippen LogP contribution in [0.25, 0.3) is 0 Å². The van der Waals surface area contributed by atoms with E-state index in [0.717, 1.165) is 30.7 Å². The van der Waals surface area contributed by atoms with Crippen molar-refractivity contribution < 1.29 is 9.84 Å². The van der Waals surface area contributed by atoms with E-state index in [2.05, 4.69) is 19.2 Å². The Bertz CT molecular complexity index is 440. The summed E-state index contributed by atoms with van der Waals surface area (Å²) in [5, 5.41) is 14.2. The van der Waals surface area contributed by atoms with Gasteiger partial charge in [-0.15, -0.1) is 0 Å². The van der Waals surface area contributed by atoms with Gasteiger partial charge in [0.25, 0.3) is 0 Å². The van der Waals surface area contributed by atoms with Crippen LogP contribution in [0, 0.1) is 5.92 Å². The summed E-state index contributed by atoms with van der Waals surface area (Å²) < 4.78 is 5.93. The SMILES string of the molecule is CCC(CC)CNC1c2ccccc2OC(C)(C)C1O. The number of ether oxygens (including phenoxy) is 1. The first-order valence-corrected chi connectivity index (χ1v) is 7.69. The molecule has 20 heavy (non-hydrogen) atoms. The van der Waals surface area contributed by atoms with Crippen LogP contribution in [-0.2, 0) is 0 Å². The maximum absolute atomic E-state index is 10.6. The lowest BCUT2D eigenvalue weighted by Gasteiger charge is -2.42. The van der Waals surface area contributed by atoms with E-state index >= 15 is 0 Å². The Kier molecular flexibility index (Phi) is 4.71. The van der Waals surface area contributed by atoms with Crippen LogP contribution in [-0.4, -0.2) is 23.4 Å². The number of rotatable bonds is 5. The van der Waals surface area contributed by atoms with Gasteiger partial charge in [0.15, 0.2) is 0 Å². The van der Waals surface area contributed by atoms with Gasteiger partial charge in [0, 0.05) is 5.56 Å². The van der Waals surface area contributed by atoms with E-state index in [0.29, 0.717) is 5.92 Å². The zero-order valence-corrected chi connectivity index (χ0v) is 13.0. The summed E-state index contributed by atoms with van der Waals surface area (Å²) in [6.07, 6.45) is 1.77. The highest BCUT2D eigenvalue weighted by Gasteiger charge is 2.42. The lowest BCUT2D eigenvalue weighted by atomic mass is 9.86. The van der Waals surface area contributed by atoms with Crippen molar-refractivity contribution in [3.63, 3.8) is 0 Å². The average Bonchev–Trinajstić information content (AvgIpc) is 2.43. The van der Waals surface area contributed by atoms with Crippen LogP contribution in [0.15, 0.2) is 24.3 Å². The van der Waals surface area contributed by atoms with E-state index in [1.54, 1.807) is 0 Å². The summed E-state index contributed by atoms with van der Waals surface area (Å²) in [5.74, 6) is 1.53. The Labute approximate surface area is 122 Å². The lowest BCUT2D eigenvalue weighted by Crippen LogP contribution is -2.53. The van der Waals surface area contributed by atoms with Crippen LogP contribution in [0.2, 0.25) is 0 Å². The maximum atomic E-state index is 10.6. The van der Waals surface area contributed by atoms with Gasteiger partial charge < -0.3 is 15.2 Å². The molecule has 0 spiro atoms. The van der Waals surface area contributed by atoms with Crippen LogP contribution in [0.4, 0.5) is 0 Å². The number of benzene rings is 1. The van der Waals surface area contributed by atoms with Crippen LogP contribution in [0.3, 0.4) is 0 Å². The van der Waals surface area contributed by atoms with Gasteiger partial charge in [0.05, 0.1) is 6.04 Å². The number of fused-ring (bicyclic) bond motifs is 1. The number of aliphatic hydroxyl groups excluding tert-OH is 1. The minimum Gasteiger partial charge on any atom is -0.485 e. The Morgan fingerprint density at radius 1 is 1.25 bits per heavy atom. The Morgan fingerprint density at radius 3 is 2.55 bits per heavy atom. The molecule has 1 aromatic rings. The summed E-state index contributed by atoms with van der Waals surface area (Å²) in [6.45, 7) is 9.25. The minimum absolute atomic E-state index is 0.0597. The number of para-hydroxylation sites is 1. The lowest BCUT2D eigenvalue weighted by molar-refractivity contribution is -0.0650. The molecule has 3 heteroatoms. The molecule has 0 bridgehead atoms. The average molecular weight is 277 g/mol. The van der Waals surface area contributed by atoms with Crippen molar-refractivity contribution in [1.29, 1.82) is 0 Å². The quantitative estimate of drug-likeness (QED) is 0.868. The third-order valence-electron chi connectivity index (χ3n) is 4.44. The van der Waals surface area contributed by atoms with Crippen molar-refractivity contribution in [2.45, 2.75) is 58.3 Å². The highest BCUT2D eigenvalue weighted by molar-refractivity contribution is 5.40. The molecule has 1 aromatic carbocycles. The van der Waals surface area contributed by atoms with Gasteiger partial charge in [-0.25, -0.2) is 0 Å². The number of nitrogens with one attached hydrogen (secondary N) is 1. The maximum Gasteiger partial charge on any atom is 0.131 e. The molecule has 2 atom stereocenters. The molecule has 0 amide bonds. The molecule has 0 aromatic heterocycles. The molecule has 0 saturated carbocycles. The van der Waals surface area contributed by atoms with E-state index in [1.807, 2.05) is 38.1 Å².